The molecule has 10 rings (SSSR count). The van der Waals surface area contributed by atoms with E-state index in [1.807, 2.05) is 146 Å². The summed E-state index contributed by atoms with van der Waals surface area (Å²) in [6.45, 7) is 7.91. The Morgan fingerprint density at radius 2 is 1.18 bits per heavy atom. The Kier molecular flexibility index (Phi) is 11.0. The SMILES string of the molecule is [2H]C([2H])([2H])c1cc(-n2c(-c3cc(C)cc(C)c3O)nc3c(-c4[c-]c(-c5cc(-c6ccccc6)ccn5)cc(-c5ccccc5)c4)cccc32)c(-c2ccccc2)cc1-c1ccc(C(C)(C)C)cc1.[Pt]. The molecule has 0 bridgehead atoms. The molecule has 2 heterocycles. The van der Waals surface area contributed by atoms with Crippen molar-refractivity contribution < 1.29 is 30.3 Å². The van der Waals surface area contributed by atoms with E-state index >= 15 is 0 Å². The number of phenols is 1. The van der Waals surface area contributed by atoms with Crippen LogP contribution in [0.4, 0.5) is 0 Å². The summed E-state index contributed by atoms with van der Waals surface area (Å²) in [6.07, 6.45) is 1.84. The molecule has 0 aliphatic rings. The van der Waals surface area contributed by atoms with E-state index in [2.05, 4.69) is 87.5 Å². The van der Waals surface area contributed by atoms with Crippen molar-refractivity contribution in [2.45, 2.75) is 46.9 Å². The van der Waals surface area contributed by atoms with Gasteiger partial charge in [-0.1, -0.05) is 177 Å². The van der Waals surface area contributed by atoms with Crippen molar-refractivity contribution in [2.75, 3.05) is 0 Å². The molecule has 1 N–H and O–H groups in total. The molecule has 66 heavy (non-hydrogen) atoms. The third-order valence-corrected chi connectivity index (χ3v) is 12.3. The molecule has 0 atom stereocenters. The first-order valence-corrected chi connectivity index (χ1v) is 22.0. The number of rotatable bonds is 8. The van der Waals surface area contributed by atoms with Crippen LogP contribution in [-0.4, -0.2) is 19.6 Å². The van der Waals surface area contributed by atoms with Crippen molar-refractivity contribution in [3.63, 3.8) is 0 Å². The molecule has 0 spiro atoms. The zero-order chi connectivity index (χ0) is 47.3. The number of hydrogen-bond acceptors (Lipinski definition) is 3. The first kappa shape index (κ1) is 40.4. The summed E-state index contributed by atoms with van der Waals surface area (Å²) in [5.41, 5.74) is 16.1. The summed E-state index contributed by atoms with van der Waals surface area (Å²) in [5, 5.41) is 12.0. The third-order valence-electron chi connectivity index (χ3n) is 12.3. The van der Waals surface area contributed by atoms with Crippen LogP contribution in [0.2, 0.25) is 0 Å². The summed E-state index contributed by atoms with van der Waals surface area (Å²) < 4.78 is 29.1. The van der Waals surface area contributed by atoms with Crippen LogP contribution in [0.1, 0.15) is 47.1 Å². The van der Waals surface area contributed by atoms with Gasteiger partial charge in [0.05, 0.1) is 22.3 Å². The molecule has 0 unspecified atom stereocenters. The van der Waals surface area contributed by atoms with Crippen LogP contribution >= 0.6 is 0 Å². The van der Waals surface area contributed by atoms with Crippen molar-refractivity contribution in [2.24, 2.45) is 0 Å². The van der Waals surface area contributed by atoms with Crippen LogP contribution in [0.3, 0.4) is 0 Å². The maximum atomic E-state index is 12.0. The fraction of sp³-hybridized carbons (Fsp3) is 0.115. The second-order valence-electron chi connectivity index (χ2n) is 17.9. The minimum Gasteiger partial charge on any atom is -0.507 e. The van der Waals surface area contributed by atoms with Gasteiger partial charge in [-0.3, -0.25) is 9.55 Å². The molecule has 0 saturated carbocycles. The van der Waals surface area contributed by atoms with Crippen LogP contribution in [0.5, 0.6) is 5.75 Å². The van der Waals surface area contributed by atoms with Gasteiger partial charge in [0.1, 0.15) is 11.6 Å². The molecule has 0 fully saturated rings. The predicted octanol–water partition coefficient (Wildman–Crippen LogP) is 15.8. The number of pyridine rings is 1. The van der Waals surface area contributed by atoms with Crippen molar-refractivity contribution in [3.05, 3.63) is 217 Å². The smallest absolute Gasteiger partial charge is 0.148 e. The van der Waals surface area contributed by atoms with Gasteiger partial charge in [-0.2, -0.15) is 0 Å². The number of aromatic hydroxyl groups is 1. The van der Waals surface area contributed by atoms with E-state index in [4.69, 9.17) is 14.1 Å². The van der Waals surface area contributed by atoms with Crippen molar-refractivity contribution >= 4 is 11.0 Å². The van der Waals surface area contributed by atoms with E-state index in [-0.39, 0.29) is 37.8 Å². The predicted molar refractivity (Wildman–Crippen MR) is 270 cm³/mol. The zero-order valence-electron chi connectivity index (χ0n) is 40.5. The van der Waals surface area contributed by atoms with E-state index < -0.39 is 6.85 Å². The topological polar surface area (TPSA) is 50.9 Å². The van der Waals surface area contributed by atoms with E-state index in [1.54, 1.807) is 0 Å². The number of para-hydroxylation sites is 1. The Hall–Kier alpha value is -7.13. The normalized spacial score (nSPS) is 12.3. The second kappa shape index (κ2) is 18.0. The Morgan fingerprint density at radius 3 is 1.85 bits per heavy atom. The first-order chi connectivity index (χ1) is 32.7. The summed E-state index contributed by atoms with van der Waals surface area (Å²) in [5.74, 6) is 0.579. The molecule has 0 saturated heterocycles. The molecule has 326 valence electrons. The van der Waals surface area contributed by atoms with E-state index in [0.29, 0.717) is 33.7 Å². The first-order valence-electron chi connectivity index (χ1n) is 23.5. The third kappa shape index (κ3) is 8.46. The number of hydrogen-bond donors (Lipinski definition) is 1. The number of imidazole rings is 1. The number of aromatic nitrogens is 3. The molecule has 5 heteroatoms. The molecule has 10 aromatic rings. The van der Waals surface area contributed by atoms with Crippen LogP contribution in [0, 0.1) is 26.8 Å². The van der Waals surface area contributed by atoms with Crippen LogP contribution in [0.15, 0.2) is 188 Å². The van der Waals surface area contributed by atoms with Gasteiger partial charge < -0.3 is 5.11 Å². The summed E-state index contributed by atoms with van der Waals surface area (Å²) in [4.78, 5) is 10.4. The minimum absolute atomic E-state index is 0. The Labute approximate surface area is 406 Å². The largest absolute Gasteiger partial charge is 0.507 e. The van der Waals surface area contributed by atoms with Gasteiger partial charge in [0.2, 0.25) is 0 Å². The standard InChI is InChI=1S/C61H50N3O.Pt/c1-39-31-41(3)59(65)54(32-39)60-63-58-51(48-34-47(43-19-12-8-13-20-43)35-49(36-48)55-37-46(29-30-62-55)42-17-10-7-11-18-42)23-16-24-56(58)64(60)57-33-40(2)52(38-53(57)44-21-14-9-15-22-44)45-25-27-50(28-26-45)61(4,5)6;/h7-35,37-38,65H,1-6H3;/q-1;/i2D3;. The molecule has 4 nitrogen and oxygen atoms in total. The molecule has 0 aliphatic carbocycles. The average Bonchev–Trinajstić information content (AvgIpc) is 3.74. The number of nitrogens with zero attached hydrogens (tertiary/aromatic N) is 3. The Bertz CT molecular complexity index is 3490. The van der Waals surface area contributed by atoms with E-state index in [0.717, 1.165) is 78.0 Å². The van der Waals surface area contributed by atoms with Gasteiger partial charge in [-0.05, 0) is 112 Å². The summed E-state index contributed by atoms with van der Waals surface area (Å²) in [7, 11) is 0. The minimum atomic E-state index is -2.49. The van der Waals surface area contributed by atoms with Gasteiger partial charge in [0, 0.05) is 42.6 Å². The number of fused-ring (bicyclic) bond motifs is 1. The monoisotopic (exact) mass is 1040 g/mol. The van der Waals surface area contributed by atoms with E-state index in [1.165, 1.54) is 0 Å². The average molecular weight is 1040 g/mol. The van der Waals surface area contributed by atoms with Crippen LogP contribution < -0.4 is 0 Å². The van der Waals surface area contributed by atoms with Crippen LogP contribution in [0.25, 0.3) is 95.0 Å². The second-order valence-corrected chi connectivity index (χ2v) is 17.9. The fourth-order valence-corrected chi connectivity index (χ4v) is 8.92. The Balaban J connectivity index is 0.00000593. The number of benzene rings is 8. The molecule has 2 aromatic heterocycles. The van der Waals surface area contributed by atoms with Gasteiger partial charge in [-0.15, -0.1) is 23.8 Å². The van der Waals surface area contributed by atoms with Crippen molar-refractivity contribution in [3.8, 4) is 89.7 Å². The maximum absolute atomic E-state index is 12.0. The van der Waals surface area contributed by atoms with Crippen molar-refractivity contribution in [1.82, 2.24) is 14.5 Å². The molecule has 8 aromatic carbocycles. The molecule has 0 aliphatic heterocycles. The number of phenolic OH excluding ortho intramolecular Hbond substituents is 1. The van der Waals surface area contributed by atoms with Gasteiger partial charge in [0.25, 0.3) is 0 Å². The summed E-state index contributed by atoms with van der Waals surface area (Å²) >= 11 is 0. The summed E-state index contributed by atoms with van der Waals surface area (Å²) in [6, 6.07) is 64.8. The van der Waals surface area contributed by atoms with Gasteiger partial charge >= 0.3 is 0 Å². The van der Waals surface area contributed by atoms with Gasteiger partial charge in [0.15, 0.2) is 0 Å². The van der Waals surface area contributed by atoms with E-state index in [9.17, 15) is 5.11 Å². The quantitative estimate of drug-likeness (QED) is 0.154. The Morgan fingerprint density at radius 1 is 0.545 bits per heavy atom. The molecular weight excluding hydrogens is 986 g/mol. The van der Waals surface area contributed by atoms with Crippen molar-refractivity contribution in [1.29, 1.82) is 0 Å². The molecule has 0 amide bonds. The van der Waals surface area contributed by atoms with Gasteiger partial charge in [-0.25, -0.2) is 4.98 Å². The maximum Gasteiger partial charge on any atom is 0.148 e. The number of aryl methyl sites for hydroxylation is 3. The molecular formula is C61H50N3OPt-. The zero-order valence-corrected chi connectivity index (χ0v) is 39.8. The molecule has 0 radical (unpaired) electrons. The fourth-order valence-electron chi connectivity index (χ4n) is 8.92. The van der Waals surface area contributed by atoms with Crippen LogP contribution in [-0.2, 0) is 26.5 Å².